The Morgan fingerprint density at radius 2 is 1.60 bits per heavy atom. The molecule has 2 heterocycles. The molecule has 0 fully saturated rings. The molecule has 0 saturated carbocycles. The molecule has 0 aliphatic carbocycles. The van der Waals surface area contributed by atoms with E-state index < -0.39 is 0 Å². The van der Waals surface area contributed by atoms with Crippen LogP contribution in [0.3, 0.4) is 0 Å². The van der Waals surface area contributed by atoms with Crippen LogP contribution in [-0.2, 0) is 0 Å². The molecular formula is C17H12N2O. The second-order valence-corrected chi connectivity index (χ2v) is 4.57. The molecule has 0 spiro atoms. The molecule has 2 aromatic carbocycles. The van der Waals surface area contributed by atoms with Crippen LogP contribution in [0.15, 0.2) is 77.4 Å². The fourth-order valence-electron chi connectivity index (χ4n) is 2.44. The van der Waals surface area contributed by atoms with Gasteiger partial charge in [0.1, 0.15) is 0 Å². The Balaban J connectivity index is 2.09. The number of nitrogens with zero attached hydrogens (tertiary/aromatic N) is 2. The smallest absolute Gasteiger partial charge is 0.181 e. The quantitative estimate of drug-likeness (QED) is 0.538. The Morgan fingerprint density at radius 3 is 2.40 bits per heavy atom. The summed E-state index contributed by atoms with van der Waals surface area (Å²) >= 11 is 0. The molecule has 3 nitrogen and oxygen atoms in total. The van der Waals surface area contributed by atoms with Gasteiger partial charge in [0.05, 0.1) is 17.3 Å². The second kappa shape index (κ2) is 4.38. The molecule has 0 unspecified atom stereocenters. The highest BCUT2D eigenvalue weighted by Gasteiger charge is 2.15. The Labute approximate surface area is 116 Å². The Morgan fingerprint density at radius 1 is 0.800 bits per heavy atom. The van der Waals surface area contributed by atoms with E-state index in [9.17, 15) is 0 Å². The van der Waals surface area contributed by atoms with Crippen LogP contribution in [0.1, 0.15) is 0 Å². The van der Waals surface area contributed by atoms with Crippen molar-refractivity contribution in [3.63, 3.8) is 0 Å². The maximum Gasteiger partial charge on any atom is 0.181 e. The Kier molecular flexibility index (Phi) is 2.42. The summed E-state index contributed by atoms with van der Waals surface area (Å²) in [6.07, 6.45) is 1.67. The lowest BCUT2D eigenvalue weighted by molar-refractivity contribution is 0.576. The SMILES string of the molecule is c1ccc(-n2c(-c3ccco3)nc3ccccc32)cc1. The van der Waals surface area contributed by atoms with Crippen LogP contribution in [0.5, 0.6) is 0 Å². The van der Waals surface area contributed by atoms with E-state index in [-0.39, 0.29) is 0 Å². The average Bonchev–Trinajstić information content (AvgIpc) is 3.15. The van der Waals surface area contributed by atoms with Crippen LogP contribution in [0.2, 0.25) is 0 Å². The number of rotatable bonds is 2. The minimum absolute atomic E-state index is 0.769. The molecule has 2 aromatic heterocycles. The summed E-state index contributed by atoms with van der Waals surface area (Å²) in [6.45, 7) is 0. The first-order valence-corrected chi connectivity index (χ1v) is 6.50. The van der Waals surface area contributed by atoms with Gasteiger partial charge in [0.25, 0.3) is 0 Å². The molecule has 4 rings (SSSR count). The number of hydrogen-bond acceptors (Lipinski definition) is 2. The zero-order valence-corrected chi connectivity index (χ0v) is 10.7. The first kappa shape index (κ1) is 11.1. The normalized spacial score (nSPS) is 11.0. The fourth-order valence-corrected chi connectivity index (χ4v) is 2.44. The van der Waals surface area contributed by atoms with Gasteiger partial charge in [0.2, 0.25) is 0 Å². The highest BCUT2D eigenvalue weighted by Crippen LogP contribution is 2.28. The summed E-state index contributed by atoms with van der Waals surface area (Å²) in [6, 6.07) is 22.1. The summed E-state index contributed by atoms with van der Waals surface area (Å²) in [4.78, 5) is 4.70. The molecule has 0 radical (unpaired) electrons. The van der Waals surface area contributed by atoms with Crippen molar-refractivity contribution in [1.29, 1.82) is 0 Å². The van der Waals surface area contributed by atoms with Crippen molar-refractivity contribution in [3.05, 3.63) is 73.0 Å². The van der Waals surface area contributed by atoms with Crippen molar-refractivity contribution in [1.82, 2.24) is 9.55 Å². The van der Waals surface area contributed by atoms with Gasteiger partial charge in [-0.05, 0) is 36.4 Å². The monoisotopic (exact) mass is 260 g/mol. The number of aromatic nitrogens is 2. The molecule has 0 N–H and O–H groups in total. The topological polar surface area (TPSA) is 31.0 Å². The largest absolute Gasteiger partial charge is 0.461 e. The van der Waals surface area contributed by atoms with E-state index in [1.165, 1.54) is 0 Å². The van der Waals surface area contributed by atoms with E-state index in [1.54, 1.807) is 6.26 Å². The number of para-hydroxylation sites is 3. The molecule has 0 saturated heterocycles. The molecular weight excluding hydrogens is 248 g/mol. The third-order valence-corrected chi connectivity index (χ3v) is 3.32. The molecule has 96 valence electrons. The Bertz CT molecular complexity index is 845. The van der Waals surface area contributed by atoms with Crippen molar-refractivity contribution >= 4 is 11.0 Å². The van der Waals surface area contributed by atoms with Crippen molar-refractivity contribution < 1.29 is 4.42 Å². The van der Waals surface area contributed by atoms with Crippen LogP contribution in [0.25, 0.3) is 28.3 Å². The van der Waals surface area contributed by atoms with Gasteiger partial charge >= 0.3 is 0 Å². The lowest BCUT2D eigenvalue weighted by Gasteiger charge is -2.07. The van der Waals surface area contributed by atoms with Crippen LogP contribution in [0.4, 0.5) is 0 Å². The summed E-state index contributed by atoms with van der Waals surface area (Å²) in [7, 11) is 0. The number of hydrogen-bond donors (Lipinski definition) is 0. The van der Waals surface area contributed by atoms with Crippen LogP contribution in [0, 0.1) is 0 Å². The lowest BCUT2D eigenvalue weighted by atomic mass is 10.2. The van der Waals surface area contributed by atoms with Gasteiger partial charge in [-0.3, -0.25) is 4.57 Å². The molecule has 0 amide bonds. The van der Waals surface area contributed by atoms with Gasteiger partial charge < -0.3 is 4.42 Å². The van der Waals surface area contributed by atoms with Crippen LogP contribution >= 0.6 is 0 Å². The van der Waals surface area contributed by atoms with E-state index in [4.69, 9.17) is 9.40 Å². The molecule has 3 heteroatoms. The van der Waals surface area contributed by atoms with Crippen molar-refractivity contribution in [2.45, 2.75) is 0 Å². The van der Waals surface area contributed by atoms with Crippen molar-refractivity contribution in [2.75, 3.05) is 0 Å². The number of benzene rings is 2. The van der Waals surface area contributed by atoms with E-state index in [0.717, 1.165) is 28.3 Å². The number of furan rings is 1. The van der Waals surface area contributed by atoms with Gasteiger partial charge in [-0.2, -0.15) is 0 Å². The van der Waals surface area contributed by atoms with E-state index >= 15 is 0 Å². The maximum atomic E-state index is 5.53. The molecule has 0 atom stereocenters. The van der Waals surface area contributed by atoms with Gasteiger partial charge in [0, 0.05) is 5.69 Å². The van der Waals surface area contributed by atoms with Gasteiger partial charge in [-0.25, -0.2) is 4.98 Å². The minimum Gasteiger partial charge on any atom is -0.461 e. The highest BCUT2D eigenvalue weighted by atomic mass is 16.3. The second-order valence-electron chi connectivity index (χ2n) is 4.57. The van der Waals surface area contributed by atoms with Crippen molar-refractivity contribution in [3.8, 4) is 17.3 Å². The molecule has 0 aliphatic rings. The van der Waals surface area contributed by atoms with Crippen LogP contribution < -0.4 is 0 Å². The highest BCUT2D eigenvalue weighted by molar-refractivity contribution is 5.82. The summed E-state index contributed by atoms with van der Waals surface area (Å²) < 4.78 is 7.65. The maximum absolute atomic E-state index is 5.53. The van der Waals surface area contributed by atoms with E-state index in [2.05, 4.69) is 22.8 Å². The van der Waals surface area contributed by atoms with Crippen LogP contribution in [-0.4, -0.2) is 9.55 Å². The lowest BCUT2D eigenvalue weighted by Crippen LogP contribution is -1.96. The van der Waals surface area contributed by atoms with E-state index in [0.29, 0.717) is 0 Å². The standard InChI is InChI=1S/C17H12N2O/c1-2-7-13(8-3-1)19-15-10-5-4-9-14(15)18-17(19)16-11-6-12-20-16/h1-12H. The molecule has 0 aliphatic heterocycles. The first-order chi connectivity index (χ1) is 9.93. The van der Waals surface area contributed by atoms with Crippen molar-refractivity contribution in [2.24, 2.45) is 0 Å². The van der Waals surface area contributed by atoms with E-state index in [1.807, 2.05) is 48.5 Å². The molecule has 4 aromatic rings. The van der Waals surface area contributed by atoms with Gasteiger partial charge in [0.15, 0.2) is 11.6 Å². The fraction of sp³-hybridized carbons (Fsp3) is 0. The number of imidazole rings is 1. The molecule has 0 bridgehead atoms. The zero-order valence-electron chi connectivity index (χ0n) is 10.7. The third-order valence-electron chi connectivity index (χ3n) is 3.32. The number of fused-ring (bicyclic) bond motifs is 1. The zero-order chi connectivity index (χ0) is 13.4. The first-order valence-electron chi connectivity index (χ1n) is 6.50. The third kappa shape index (κ3) is 1.64. The summed E-state index contributed by atoms with van der Waals surface area (Å²) in [5.41, 5.74) is 3.11. The summed E-state index contributed by atoms with van der Waals surface area (Å²) in [5, 5.41) is 0. The molecule has 20 heavy (non-hydrogen) atoms. The van der Waals surface area contributed by atoms with Gasteiger partial charge in [-0.1, -0.05) is 30.3 Å². The summed E-state index contributed by atoms with van der Waals surface area (Å²) in [5.74, 6) is 1.59. The Hall–Kier alpha value is -2.81. The van der Waals surface area contributed by atoms with Gasteiger partial charge in [-0.15, -0.1) is 0 Å². The minimum atomic E-state index is 0.769. The predicted molar refractivity (Wildman–Crippen MR) is 78.8 cm³/mol. The predicted octanol–water partition coefficient (Wildman–Crippen LogP) is 4.29. The average molecular weight is 260 g/mol.